The standard InChI is InChI=1S/C23H20FN3O/c24-22-13-23-19(15-26-27-23)12-21(22)18-8-6-16(7-9-18)3-1-5-20(28)11-17-4-2-10-25-14-17/h2,4,6-10,12-15H,1,3,5,11H2,(H,26,27). The zero-order valence-electron chi connectivity index (χ0n) is 15.4. The largest absolute Gasteiger partial charge is 0.299 e. The lowest BCUT2D eigenvalue weighted by Gasteiger charge is -2.06. The number of halogens is 1. The molecule has 4 nitrogen and oxygen atoms in total. The summed E-state index contributed by atoms with van der Waals surface area (Å²) < 4.78 is 14.4. The molecule has 5 heteroatoms. The van der Waals surface area contributed by atoms with Crippen LogP contribution in [0.5, 0.6) is 0 Å². The number of Topliss-reactive ketones (excluding diaryl/α,β-unsaturated/α-hetero) is 1. The number of aromatic amines is 1. The van der Waals surface area contributed by atoms with Crippen LogP contribution >= 0.6 is 0 Å². The quantitative estimate of drug-likeness (QED) is 0.501. The lowest BCUT2D eigenvalue weighted by Crippen LogP contribution is -2.03. The van der Waals surface area contributed by atoms with Gasteiger partial charge in [-0.15, -0.1) is 0 Å². The molecule has 4 rings (SSSR count). The topological polar surface area (TPSA) is 58.6 Å². The van der Waals surface area contributed by atoms with Crippen molar-refractivity contribution in [3.8, 4) is 11.1 Å². The minimum Gasteiger partial charge on any atom is -0.299 e. The number of hydrogen-bond acceptors (Lipinski definition) is 3. The van der Waals surface area contributed by atoms with Gasteiger partial charge < -0.3 is 0 Å². The first-order valence-electron chi connectivity index (χ1n) is 9.31. The van der Waals surface area contributed by atoms with Crippen LogP contribution in [-0.4, -0.2) is 21.0 Å². The van der Waals surface area contributed by atoms with Crippen molar-refractivity contribution in [3.63, 3.8) is 0 Å². The van der Waals surface area contributed by atoms with Crippen molar-refractivity contribution in [2.75, 3.05) is 0 Å². The number of nitrogens with zero attached hydrogens (tertiary/aromatic N) is 2. The van der Waals surface area contributed by atoms with Crippen LogP contribution in [0.1, 0.15) is 24.0 Å². The molecule has 140 valence electrons. The third-order valence-corrected chi connectivity index (χ3v) is 4.84. The number of carbonyl (C=O) groups excluding carboxylic acids is 1. The number of hydrogen-bond donors (Lipinski definition) is 1. The molecule has 2 aromatic heterocycles. The Morgan fingerprint density at radius 2 is 1.89 bits per heavy atom. The fraction of sp³-hybridized carbons (Fsp3) is 0.174. The van der Waals surface area contributed by atoms with E-state index in [1.165, 1.54) is 6.07 Å². The molecule has 0 amide bonds. The summed E-state index contributed by atoms with van der Waals surface area (Å²) in [6, 6.07) is 14.9. The van der Waals surface area contributed by atoms with Gasteiger partial charge in [-0.3, -0.25) is 14.9 Å². The maximum atomic E-state index is 14.4. The summed E-state index contributed by atoms with van der Waals surface area (Å²) in [5.74, 6) is -0.0504. The fourth-order valence-corrected chi connectivity index (χ4v) is 3.35. The summed E-state index contributed by atoms with van der Waals surface area (Å²) in [6.07, 6.45) is 7.73. The minimum atomic E-state index is -0.273. The van der Waals surface area contributed by atoms with Crippen molar-refractivity contribution in [3.05, 3.63) is 84.1 Å². The molecular weight excluding hydrogens is 353 g/mol. The maximum absolute atomic E-state index is 14.4. The highest BCUT2D eigenvalue weighted by molar-refractivity contribution is 5.84. The molecular formula is C23H20FN3O. The van der Waals surface area contributed by atoms with Crippen molar-refractivity contribution in [1.82, 2.24) is 15.2 Å². The molecule has 0 spiro atoms. The lowest BCUT2D eigenvalue weighted by molar-refractivity contribution is -0.118. The number of aryl methyl sites for hydroxylation is 1. The van der Waals surface area contributed by atoms with Crippen molar-refractivity contribution in [2.45, 2.75) is 25.7 Å². The van der Waals surface area contributed by atoms with Gasteiger partial charge in [-0.1, -0.05) is 30.3 Å². The number of fused-ring (bicyclic) bond motifs is 1. The second-order valence-corrected chi connectivity index (χ2v) is 6.92. The van der Waals surface area contributed by atoms with Gasteiger partial charge >= 0.3 is 0 Å². The van der Waals surface area contributed by atoms with E-state index >= 15 is 0 Å². The molecule has 2 aromatic carbocycles. The average molecular weight is 373 g/mol. The predicted molar refractivity (Wildman–Crippen MR) is 107 cm³/mol. The monoisotopic (exact) mass is 373 g/mol. The SMILES string of the molecule is O=C(CCCc1ccc(-c2cc3cn[nH]c3cc2F)cc1)Cc1cccnc1. The Morgan fingerprint density at radius 1 is 1.04 bits per heavy atom. The zero-order chi connectivity index (χ0) is 19.3. The van der Waals surface area contributed by atoms with Crippen LogP contribution in [0.3, 0.4) is 0 Å². The third-order valence-electron chi connectivity index (χ3n) is 4.84. The van der Waals surface area contributed by atoms with Gasteiger partial charge in [0, 0.05) is 42.3 Å². The van der Waals surface area contributed by atoms with Crippen LogP contribution in [0, 0.1) is 5.82 Å². The number of nitrogens with one attached hydrogen (secondary N) is 1. The van der Waals surface area contributed by atoms with Gasteiger partial charge in [0.1, 0.15) is 11.6 Å². The summed E-state index contributed by atoms with van der Waals surface area (Å²) in [5.41, 5.74) is 4.18. The molecule has 0 saturated heterocycles. The summed E-state index contributed by atoms with van der Waals surface area (Å²) in [4.78, 5) is 16.1. The highest BCUT2D eigenvalue weighted by Gasteiger charge is 2.09. The number of ketones is 1. The van der Waals surface area contributed by atoms with E-state index in [4.69, 9.17) is 0 Å². The van der Waals surface area contributed by atoms with Crippen LogP contribution in [0.15, 0.2) is 67.1 Å². The number of rotatable bonds is 7. The van der Waals surface area contributed by atoms with Crippen LogP contribution in [0.25, 0.3) is 22.0 Å². The van der Waals surface area contributed by atoms with Crippen molar-refractivity contribution in [2.24, 2.45) is 0 Å². The van der Waals surface area contributed by atoms with Gasteiger partial charge in [0.15, 0.2) is 0 Å². The van der Waals surface area contributed by atoms with Crippen LogP contribution < -0.4 is 0 Å². The molecule has 28 heavy (non-hydrogen) atoms. The van der Waals surface area contributed by atoms with E-state index in [0.29, 0.717) is 23.9 Å². The number of aromatic nitrogens is 3. The molecule has 4 aromatic rings. The van der Waals surface area contributed by atoms with Crippen molar-refractivity contribution in [1.29, 1.82) is 0 Å². The molecule has 0 unspecified atom stereocenters. The van der Waals surface area contributed by atoms with Gasteiger partial charge in [0.2, 0.25) is 0 Å². The molecule has 0 aliphatic heterocycles. The van der Waals surface area contributed by atoms with E-state index < -0.39 is 0 Å². The van der Waals surface area contributed by atoms with Crippen LogP contribution in [0.4, 0.5) is 4.39 Å². The van der Waals surface area contributed by atoms with Gasteiger partial charge in [-0.2, -0.15) is 5.10 Å². The first kappa shape index (κ1) is 18.0. The molecule has 0 aliphatic carbocycles. The number of benzene rings is 2. The molecule has 0 saturated carbocycles. The number of H-pyrrole nitrogens is 1. The summed E-state index contributed by atoms with van der Waals surface area (Å²) >= 11 is 0. The van der Waals surface area contributed by atoms with Gasteiger partial charge in [0.05, 0.1) is 11.7 Å². The Labute approximate surface area is 162 Å². The Hall–Kier alpha value is -3.34. The molecule has 0 atom stereocenters. The average Bonchev–Trinajstić information content (AvgIpc) is 3.16. The van der Waals surface area contributed by atoms with Gasteiger partial charge in [-0.05, 0) is 41.7 Å². The molecule has 0 radical (unpaired) electrons. The van der Waals surface area contributed by atoms with E-state index in [1.807, 2.05) is 36.4 Å². The molecule has 0 bridgehead atoms. The lowest BCUT2D eigenvalue weighted by atomic mass is 9.99. The van der Waals surface area contributed by atoms with Crippen LogP contribution in [0.2, 0.25) is 0 Å². The maximum Gasteiger partial charge on any atom is 0.137 e. The van der Waals surface area contributed by atoms with E-state index in [9.17, 15) is 9.18 Å². The second kappa shape index (κ2) is 8.13. The number of carbonyl (C=O) groups is 1. The molecule has 1 N–H and O–H groups in total. The van der Waals surface area contributed by atoms with Crippen molar-refractivity contribution >= 4 is 16.7 Å². The Kier molecular flexibility index (Phi) is 5.24. The Balaban J connectivity index is 1.35. The highest BCUT2D eigenvalue weighted by Crippen LogP contribution is 2.27. The first-order chi connectivity index (χ1) is 13.7. The van der Waals surface area contributed by atoms with Gasteiger partial charge in [0.25, 0.3) is 0 Å². The minimum absolute atomic E-state index is 0.222. The Morgan fingerprint density at radius 3 is 2.68 bits per heavy atom. The molecule has 0 fully saturated rings. The molecule has 0 aliphatic rings. The third kappa shape index (κ3) is 4.14. The Bertz CT molecular complexity index is 1090. The smallest absolute Gasteiger partial charge is 0.137 e. The predicted octanol–water partition coefficient (Wildman–Crippen LogP) is 4.90. The second-order valence-electron chi connectivity index (χ2n) is 6.92. The van der Waals surface area contributed by atoms with Crippen LogP contribution in [-0.2, 0) is 17.6 Å². The summed E-state index contributed by atoms with van der Waals surface area (Å²) in [5, 5.41) is 7.60. The normalized spacial score (nSPS) is 11.0. The van der Waals surface area contributed by atoms with E-state index in [-0.39, 0.29) is 11.6 Å². The number of pyridine rings is 1. The molecule has 2 heterocycles. The zero-order valence-corrected chi connectivity index (χ0v) is 15.4. The first-order valence-corrected chi connectivity index (χ1v) is 9.31. The summed E-state index contributed by atoms with van der Waals surface area (Å²) in [6.45, 7) is 0. The van der Waals surface area contributed by atoms with E-state index in [2.05, 4.69) is 15.2 Å². The summed E-state index contributed by atoms with van der Waals surface area (Å²) in [7, 11) is 0. The van der Waals surface area contributed by atoms with E-state index in [1.54, 1.807) is 24.7 Å². The highest BCUT2D eigenvalue weighted by atomic mass is 19.1. The van der Waals surface area contributed by atoms with E-state index in [0.717, 1.165) is 34.9 Å². The fourth-order valence-electron chi connectivity index (χ4n) is 3.35. The van der Waals surface area contributed by atoms with Gasteiger partial charge in [-0.25, -0.2) is 4.39 Å². The van der Waals surface area contributed by atoms with Crippen molar-refractivity contribution < 1.29 is 9.18 Å².